The number of aliphatic carboxylic acids is 1. The Morgan fingerprint density at radius 1 is 1.00 bits per heavy atom. The largest absolute Gasteiger partial charge is 0.481 e. The zero-order chi connectivity index (χ0) is 17.3. The Kier molecular flexibility index (Phi) is 16.6. The molecule has 0 aromatic carbocycles. The first-order valence-electron chi connectivity index (χ1n) is 9.09. The second kappa shape index (κ2) is 16.7. The topological polar surface area (TPSA) is 55.8 Å². The van der Waals surface area contributed by atoms with Crippen molar-refractivity contribution >= 4 is 21.9 Å². The smallest absolute Gasteiger partial charge is 0.306 e. The lowest BCUT2D eigenvalue weighted by Crippen LogP contribution is -2.17. The molecule has 23 heavy (non-hydrogen) atoms. The van der Waals surface area contributed by atoms with Crippen LogP contribution in [-0.4, -0.2) is 42.8 Å². The minimum Gasteiger partial charge on any atom is -0.481 e. The van der Waals surface area contributed by atoms with Gasteiger partial charge in [0, 0.05) is 31.8 Å². The van der Waals surface area contributed by atoms with Crippen molar-refractivity contribution in [1.82, 2.24) is 0 Å². The van der Waals surface area contributed by atoms with Crippen molar-refractivity contribution in [3.8, 4) is 0 Å². The maximum atomic E-state index is 11.1. The summed E-state index contributed by atoms with van der Waals surface area (Å²) in [6, 6.07) is 0. The first kappa shape index (κ1) is 22.9. The predicted octanol–water partition coefficient (Wildman–Crippen LogP) is 4.89. The third-order valence-electron chi connectivity index (χ3n) is 4.12. The van der Waals surface area contributed by atoms with Gasteiger partial charge in [-0.05, 0) is 38.0 Å². The van der Waals surface area contributed by atoms with Crippen LogP contribution < -0.4 is 0 Å². The van der Waals surface area contributed by atoms with Crippen LogP contribution in [-0.2, 0) is 14.3 Å². The molecule has 0 aliphatic carbocycles. The van der Waals surface area contributed by atoms with E-state index in [1.807, 2.05) is 0 Å². The Morgan fingerprint density at radius 3 is 2.35 bits per heavy atom. The first-order valence-corrected chi connectivity index (χ1v) is 10.2. The van der Waals surface area contributed by atoms with Crippen LogP contribution in [0.3, 0.4) is 0 Å². The van der Waals surface area contributed by atoms with Gasteiger partial charge in [-0.15, -0.1) is 0 Å². The van der Waals surface area contributed by atoms with Crippen LogP contribution >= 0.6 is 15.9 Å². The Morgan fingerprint density at radius 2 is 1.74 bits per heavy atom. The number of carboxylic acids is 1. The average molecular weight is 395 g/mol. The molecule has 2 atom stereocenters. The number of hydrogen-bond acceptors (Lipinski definition) is 3. The number of halogens is 1. The van der Waals surface area contributed by atoms with E-state index in [1.165, 1.54) is 25.7 Å². The molecule has 0 aliphatic heterocycles. The number of hydrogen-bond donors (Lipinski definition) is 1. The molecule has 5 heteroatoms. The van der Waals surface area contributed by atoms with Crippen molar-refractivity contribution in [3.05, 3.63) is 0 Å². The van der Waals surface area contributed by atoms with Gasteiger partial charge in [0.25, 0.3) is 0 Å². The van der Waals surface area contributed by atoms with Gasteiger partial charge < -0.3 is 14.6 Å². The van der Waals surface area contributed by atoms with Crippen LogP contribution in [0.25, 0.3) is 0 Å². The summed E-state index contributed by atoms with van der Waals surface area (Å²) in [7, 11) is 0. The molecule has 0 saturated carbocycles. The molecule has 1 N–H and O–H groups in total. The van der Waals surface area contributed by atoms with E-state index in [4.69, 9.17) is 14.6 Å². The highest BCUT2D eigenvalue weighted by Gasteiger charge is 2.16. The molecule has 0 aromatic heterocycles. The summed E-state index contributed by atoms with van der Waals surface area (Å²) in [6.45, 7) is 7.20. The number of rotatable bonds is 17. The van der Waals surface area contributed by atoms with Crippen LogP contribution in [0.15, 0.2) is 0 Å². The van der Waals surface area contributed by atoms with Crippen LogP contribution in [0.1, 0.15) is 65.2 Å². The fraction of sp³-hybridized carbons (Fsp3) is 0.944. The fourth-order valence-corrected chi connectivity index (χ4v) is 2.78. The standard InChI is InChI=1S/C18H35BrO4/c1-3-5-8-16(4-2)15-23-13-7-12-22-14-10-17(18(20)21)9-6-11-19/h16-17H,3-15H2,1-2H3,(H,20,21). The quantitative estimate of drug-likeness (QED) is 0.281. The van der Waals surface area contributed by atoms with E-state index in [0.717, 1.165) is 31.4 Å². The Bertz CT molecular complexity index is 274. The van der Waals surface area contributed by atoms with E-state index in [1.54, 1.807) is 0 Å². The third-order valence-corrected chi connectivity index (χ3v) is 4.68. The summed E-state index contributed by atoms with van der Waals surface area (Å²) in [6.07, 6.45) is 8.05. The van der Waals surface area contributed by atoms with Gasteiger partial charge in [0.2, 0.25) is 0 Å². The number of ether oxygens (including phenoxy) is 2. The van der Waals surface area contributed by atoms with Gasteiger partial charge in [0.15, 0.2) is 0 Å². The van der Waals surface area contributed by atoms with E-state index < -0.39 is 5.97 Å². The van der Waals surface area contributed by atoms with Gasteiger partial charge in [-0.3, -0.25) is 4.79 Å². The van der Waals surface area contributed by atoms with Crippen molar-refractivity contribution in [2.24, 2.45) is 11.8 Å². The van der Waals surface area contributed by atoms with Crippen molar-refractivity contribution in [1.29, 1.82) is 0 Å². The zero-order valence-corrected chi connectivity index (χ0v) is 16.5. The first-order chi connectivity index (χ1) is 11.2. The molecule has 0 heterocycles. The molecule has 0 aromatic rings. The summed E-state index contributed by atoms with van der Waals surface area (Å²) < 4.78 is 11.3. The summed E-state index contributed by atoms with van der Waals surface area (Å²) in [5.41, 5.74) is 0. The van der Waals surface area contributed by atoms with Gasteiger partial charge in [-0.25, -0.2) is 0 Å². The molecule has 0 aliphatic rings. The van der Waals surface area contributed by atoms with Crippen LogP contribution in [0.5, 0.6) is 0 Å². The summed E-state index contributed by atoms with van der Waals surface area (Å²) in [5.74, 6) is -0.315. The van der Waals surface area contributed by atoms with Crippen molar-refractivity contribution < 1.29 is 19.4 Å². The summed E-state index contributed by atoms with van der Waals surface area (Å²) in [4.78, 5) is 11.1. The highest BCUT2D eigenvalue weighted by atomic mass is 79.9. The lowest BCUT2D eigenvalue weighted by Gasteiger charge is -2.15. The lowest BCUT2D eigenvalue weighted by atomic mass is 10.0. The van der Waals surface area contributed by atoms with Gasteiger partial charge >= 0.3 is 5.97 Å². The van der Waals surface area contributed by atoms with E-state index in [2.05, 4.69) is 29.8 Å². The van der Waals surface area contributed by atoms with Gasteiger partial charge in [0.05, 0.1) is 5.92 Å². The van der Waals surface area contributed by atoms with E-state index in [9.17, 15) is 4.79 Å². The predicted molar refractivity (Wildman–Crippen MR) is 98.3 cm³/mol. The summed E-state index contributed by atoms with van der Waals surface area (Å²) >= 11 is 3.33. The van der Waals surface area contributed by atoms with Gasteiger partial charge in [-0.1, -0.05) is 49.0 Å². The SMILES string of the molecule is CCCCC(CC)COCCCOCCC(CCCBr)C(=O)O. The second-order valence-electron chi connectivity index (χ2n) is 6.11. The molecule has 0 saturated heterocycles. The number of carboxylic acid groups (broad SMARTS) is 1. The number of unbranched alkanes of at least 4 members (excludes halogenated alkanes) is 1. The van der Waals surface area contributed by atoms with E-state index in [0.29, 0.717) is 32.0 Å². The fourth-order valence-electron chi connectivity index (χ4n) is 2.45. The van der Waals surface area contributed by atoms with Crippen molar-refractivity contribution in [2.45, 2.75) is 65.2 Å². The van der Waals surface area contributed by atoms with Crippen molar-refractivity contribution in [2.75, 3.05) is 31.8 Å². The zero-order valence-electron chi connectivity index (χ0n) is 14.9. The summed E-state index contributed by atoms with van der Waals surface area (Å²) in [5, 5.41) is 9.97. The van der Waals surface area contributed by atoms with Crippen LogP contribution in [0.4, 0.5) is 0 Å². The third kappa shape index (κ3) is 14.0. The average Bonchev–Trinajstić information content (AvgIpc) is 2.55. The molecule has 0 fully saturated rings. The lowest BCUT2D eigenvalue weighted by molar-refractivity contribution is -0.142. The Hall–Kier alpha value is -0.130. The maximum absolute atomic E-state index is 11.1. The monoisotopic (exact) mass is 394 g/mol. The molecule has 0 radical (unpaired) electrons. The molecule has 0 amide bonds. The number of alkyl halides is 1. The van der Waals surface area contributed by atoms with Crippen molar-refractivity contribution in [3.63, 3.8) is 0 Å². The van der Waals surface area contributed by atoms with Gasteiger partial charge in [-0.2, -0.15) is 0 Å². The molecule has 4 nitrogen and oxygen atoms in total. The molecule has 0 rings (SSSR count). The maximum Gasteiger partial charge on any atom is 0.306 e. The van der Waals surface area contributed by atoms with E-state index in [-0.39, 0.29) is 5.92 Å². The normalized spacial score (nSPS) is 13.9. The second-order valence-corrected chi connectivity index (χ2v) is 6.91. The van der Waals surface area contributed by atoms with Crippen LogP contribution in [0, 0.1) is 11.8 Å². The Balaban J connectivity index is 3.52. The molecular formula is C18H35BrO4. The highest BCUT2D eigenvalue weighted by molar-refractivity contribution is 9.09. The molecule has 2 unspecified atom stereocenters. The Labute approximate surface area is 150 Å². The number of carbonyl (C=O) groups is 1. The van der Waals surface area contributed by atoms with E-state index >= 15 is 0 Å². The minimum absolute atomic E-state index is 0.285. The molecular weight excluding hydrogens is 360 g/mol. The minimum atomic E-state index is -0.712. The molecule has 0 spiro atoms. The van der Waals surface area contributed by atoms with Gasteiger partial charge in [0.1, 0.15) is 0 Å². The highest BCUT2D eigenvalue weighted by Crippen LogP contribution is 2.14. The molecule has 138 valence electrons. The molecule has 0 bridgehead atoms. The van der Waals surface area contributed by atoms with Crippen LogP contribution in [0.2, 0.25) is 0 Å².